The van der Waals surface area contributed by atoms with Gasteiger partial charge in [0.15, 0.2) is 6.29 Å². The summed E-state index contributed by atoms with van der Waals surface area (Å²) in [5.74, 6) is 0.777. The van der Waals surface area contributed by atoms with Gasteiger partial charge in [-0.05, 0) is 86.1 Å². The van der Waals surface area contributed by atoms with Crippen LogP contribution in [0.2, 0.25) is 0 Å². The average molecular weight is 494 g/mol. The molecule has 1 aliphatic carbocycles. The van der Waals surface area contributed by atoms with Crippen molar-refractivity contribution in [1.82, 2.24) is 10.2 Å². The van der Waals surface area contributed by atoms with Crippen LogP contribution in [-0.4, -0.2) is 45.7 Å². The van der Waals surface area contributed by atoms with Crippen LogP contribution in [0.25, 0.3) is 0 Å². The van der Waals surface area contributed by atoms with Gasteiger partial charge in [0, 0.05) is 23.8 Å². The van der Waals surface area contributed by atoms with Gasteiger partial charge in [-0.3, -0.25) is 4.79 Å². The molecule has 7 nitrogen and oxygen atoms in total. The van der Waals surface area contributed by atoms with Crippen LogP contribution in [0.1, 0.15) is 92.8 Å². The lowest BCUT2D eigenvalue weighted by atomic mass is 9.80. The summed E-state index contributed by atoms with van der Waals surface area (Å²) in [7, 11) is 0. The molecular weight excluding hydrogens is 454 g/mol. The van der Waals surface area contributed by atoms with E-state index in [2.05, 4.69) is 24.5 Å². The summed E-state index contributed by atoms with van der Waals surface area (Å²) in [6, 6.07) is 13.0. The molecule has 0 unspecified atom stereocenters. The van der Waals surface area contributed by atoms with Gasteiger partial charge in [0.2, 0.25) is 5.91 Å². The van der Waals surface area contributed by atoms with Crippen molar-refractivity contribution in [3.8, 4) is 0 Å². The zero-order valence-corrected chi connectivity index (χ0v) is 21.5. The van der Waals surface area contributed by atoms with E-state index >= 15 is 0 Å². The lowest BCUT2D eigenvalue weighted by Crippen LogP contribution is -2.50. The smallest absolute Gasteiger partial charge is 0.322 e. The number of carbonyl (C=O) groups is 2. The fourth-order valence-corrected chi connectivity index (χ4v) is 5.59. The molecule has 0 aromatic heterocycles. The van der Waals surface area contributed by atoms with Crippen molar-refractivity contribution >= 4 is 17.6 Å². The maximum absolute atomic E-state index is 13.1. The van der Waals surface area contributed by atoms with Crippen molar-refractivity contribution in [2.45, 2.75) is 89.5 Å². The third kappa shape index (κ3) is 6.08. The molecule has 194 valence electrons. The number of aliphatic hydroxyl groups excluding tert-OH is 1. The standard InChI is InChI=1S/C29H39N3O4/c1-18(2)20-6-11-24(12-7-20)31-29(36)32-16-4-5-26(32)27(33)30-23-13-8-21(9-14-23)25-15-10-22(28(34)35)17-19(25)3/h6-7,10-12,15,17-18,21,23,26,28,34-35H,4-5,8-9,13-14,16H2,1-3H3,(H,30,33)(H,31,36)/t21?,23?,26-/m1/s1. The van der Waals surface area contributed by atoms with Gasteiger partial charge in [-0.25, -0.2) is 4.79 Å². The molecule has 1 saturated heterocycles. The highest BCUT2D eigenvalue weighted by molar-refractivity contribution is 5.94. The quantitative estimate of drug-likeness (QED) is 0.428. The van der Waals surface area contributed by atoms with Gasteiger partial charge < -0.3 is 25.7 Å². The van der Waals surface area contributed by atoms with Crippen molar-refractivity contribution in [1.29, 1.82) is 0 Å². The summed E-state index contributed by atoms with van der Waals surface area (Å²) in [5, 5.41) is 25.0. The number of benzene rings is 2. The molecule has 3 amide bonds. The number of nitrogens with one attached hydrogen (secondary N) is 2. The fourth-order valence-electron chi connectivity index (χ4n) is 5.59. The first-order valence-corrected chi connectivity index (χ1v) is 13.2. The van der Waals surface area contributed by atoms with Crippen LogP contribution >= 0.6 is 0 Å². The minimum Gasteiger partial charge on any atom is -0.364 e. The Labute approximate surface area is 213 Å². The predicted molar refractivity (Wildman–Crippen MR) is 141 cm³/mol. The Morgan fingerprint density at radius 1 is 0.944 bits per heavy atom. The van der Waals surface area contributed by atoms with Crippen molar-refractivity contribution in [3.05, 3.63) is 64.7 Å². The van der Waals surface area contributed by atoms with Gasteiger partial charge in [0.1, 0.15) is 6.04 Å². The number of hydrogen-bond donors (Lipinski definition) is 4. The van der Waals surface area contributed by atoms with Crippen molar-refractivity contribution in [2.24, 2.45) is 0 Å². The molecule has 2 aromatic rings. The van der Waals surface area contributed by atoms with Crippen LogP contribution < -0.4 is 10.6 Å². The van der Waals surface area contributed by atoms with E-state index in [1.54, 1.807) is 11.0 Å². The largest absolute Gasteiger partial charge is 0.364 e. The topological polar surface area (TPSA) is 102 Å². The van der Waals surface area contributed by atoms with Crippen LogP contribution in [0, 0.1) is 6.92 Å². The molecule has 1 aliphatic heterocycles. The first kappa shape index (κ1) is 26.2. The summed E-state index contributed by atoms with van der Waals surface area (Å²) in [6.07, 6.45) is 3.77. The van der Waals surface area contributed by atoms with Crippen molar-refractivity contribution < 1.29 is 19.8 Å². The molecular formula is C29H39N3O4. The second kappa shape index (κ2) is 11.4. The highest BCUT2D eigenvalue weighted by atomic mass is 16.5. The molecule has 4 N–H and O–H groups in total. The maximum Gasteiger partial charge on any atom is 0.322 e. The second-order valence-electron chi connectivity index (χ2n) is 10.6. The highest BCUT2D eigenvalue weighted by Gasteiger charge is 2.35. The molecule has 0 spiro atoms. The minimum absolute atomic E-state index is 0.0567. The Balaban J connectivity index is 1.29. The third-order valence-corrected chi connectivity index (χ3v) is 7.75. The SMILES string of the molecule is Cc1cc(C(O)O)ccc1C1CCC(NC(=O)[C@H]2CCCN2C(=O)Nc2ccc(C(C)C)cc2)CC1. The number of aliphatic hydroxyl groups is 2. The number of amides is 3. The van der Waals surface area contributed by atoms with E-state index in [9.17, 15) is 19.8 Å². The van der Waals surface area contributed by atoms with E-state index in [1.165, 1.54) is 11.1 Å². The second-order valence-corrected chi connectivity index (χ2v) is 10.6. The normalized spacial score (nSPS) is 22.2. The Morgan fingerprint density at radius 3 is 2.22 bits per heavy atom. The van der Waals surface area contributed by atoms with Gasteiger partial charge in [-0.2, -0.15) is 0 Å². The molecule has 0 radical (unpaired) electrons. The Bertz CT molecular complexity index is 1060. The molecule has 2 aliphatic rings. The Kier molecular flexibility index (Phi) is 8.32. The van der Waals surface area contributed by atoms with Gasteiger partial charge in [0.05, 0.1) is 0 Å². The zero-order valence-electron chi connectivity index (χ0n) is 21.5. The number of nitrogens with zero attached hydrogens (tertiary/aromatic N) is 1. The number of hydrogen-bond acceptors (Lipinski definition) is 4. The zero-order chi connectivity index (χ0) is 25.8. The number of likely N-dealkylation sites (tertiary alicyclic amines) is 1. The predicted octanol–water partition coefficient (Wildman–Crippen LogP) is 4.94. The lowest BCUT2D eigenvalue weighted by molar-refractivity contribution is -0.125. The molecule has 36 heavy (non-hydrogen) atoms. The number of aryl methyl sites for hydroxylation is 1. The van der Waals surface area contributed by atoms with Crippen LogP contribution in [0.15, 0.2) is 42.5 Å². The van der Waals surface area contributed by atoms with Crippen molar-refractivity contribution in [3.63, 3.8) is 0 Å². The maximum atomic E-state index is 13.1. The summed E-state index contributed by atoms with van der Waals surface area (Å²) in [6.45, 7) is 6.86. The van der Waals surface area contributed by atoms with Crippen molar-refractivity contribution in [2.75, 3.05) is 11.9 Å². The van der Waals surface area contributed by atoms with Gasteiger partial charge in [0.25, 0.3) is 0 Å². The van der Waals surface area contributed by atoms with Gasteiger partial charge in [-0.15, -0.1) is 0 Å². The minimum atomic E-state index is -1.45. The summed E-state index contributed by atoms with van der Waals surface area (Å²) in [5.41, 5.74) is 4.78. The van der Waals surface area contributed by atoms with Crippen LogP contribution in [0.4, 0.5) is 10.5 Å². The van der Waals surface area contributed by atoms with Crippen LogP contribution in [0.5, 0.6) is 0 Å². The van der Waals surface area contributed by atoms with E-state index < -0.39 is 12.3 Å². The average Bonchev–Trinajstić information content (AvgIpc) is 3.35. The summed E-state index contributed by atoms with van der Waals surface area (Å²) >= 11 is 0. The van der Waals surface area contributed by atoms with Crippen LogP contribution in [0.3, 0.4) is 0 Å². The first-order chi connectivity index (χ1) is 17.2. The summed E-state index contributed by atoms with van der Waals surface area (Å²) in [4.78, 5) is 27.7. The third-order valence-electron chi connectivity index (χ3n) is 7.75. The molecule has 1 saturated carbocycles. The number of carbonyl (C=O) groups excluding carboxylic acids is 2. The molecule has 2 fully saturated rings. The molecule has 4 rings (SSSR count). The van der Waals surface area contributed by atoms with Crippen LogP contribution in [-0.2, 0) is 4.79 Å². The van der Waals surface area contributed by atoms with E-state index in [-0.39, 0.29) is 18.0 Å². The molecule has 7 heteroatoms. The molecule has 1 heterocycles. The highest BCUT2D eigenvalue weighted by Crippen LogP contribution is 2.35. The molecule has 2 aromatic carbocycles. The van der Waals surface area contributed by atoms with E-state index in [4.69, 9.17) is 0 Å². The number of urea groups is 1. The lowest BCUT2D eigenvalue weighted by Gasteiger charge is -2.32. The monoisotopic (exact) mass is 493 g/mol. The Morgan fingerprint density at radius 2 is 1.61 bits per heavy atom. The summed E-state index contributed by atoms with van der Waals surface area (Å²) < 4.78 is 0. The molecule has 1 atom stereocenters. The van der Waals surface area contributed by atoms with Gasteiger partial charge in [-0.1, -0.05) is 44.2 Å². The fraction of sp³-hybridized carbons (Fsp3) is 0.517. The Hall–Kier alpha value is -2.90. The van der Waals surface area contributed by atoms with Gasteiger partial charge >= 0.3 is 6.03 Å². The number of rotatable bonds is 6. The van der Waals surface area contributed by atoms with E-state index in [0.29, 0.717) is 30.4 Å². The van der Waals surface area contributed by atoms with E-state index in [1.807, 2.05) is 43.3 Å². The number of anilines is 1. The molecule has 0 bridgehead atoms. The van der Waals surface area contributed by atoms with E-state index in [0.717, 1.165) is 43.4 Å². The first-order valence-electron chi connectivity index (χ1n) is 13.2.